The highest BCUT2D eigenvalue weighted by molar-refractivity contribution is 7.80. The number of thiocarbonyl (C=S) groups is 1. The summed E-state index contributed by atoms with van der Waals surface area (Å²) in [6.45, 7) is 2.00. The lowest BCUT2D eigenvalue weighted by Gasteiger charge is -2.15. The molecule has 0 atom stereocenters. The number of rotatable bonds is 4. The van der Waals surface area contributed by atoms with Crippen molar-refractivity contribution in [3.8, 4) is 0 Å². The van der Waals surface area contributed by atoms with Crippen LogP contribution in [0.2, 0.25) is 0 Å². The Labute approximate surface area is 158 Å². The van der Waals surface area contributed by atoms with Crippen molar-refractivity contribution in [3.63, 3.8) is 0 Å². The Morgan fingerprint density at radius 3 is 2.35 bits per heavy atom. The zero-order valence-corrected chi connectivity index (χ0v) is 15.8. The van der Waals surface area contributed by atoms with E-state index in [-0.39, 0.29) is 16.9 Å². The molecule has 0 radical (unpaired) electrons. The van der Waals surface area contributed by atoms with Crippen LogP contribution in [0.4, 0.5) is 5.69 Å². The van der Waals surface area contributed by atoms with E-state index in [1.54, 1.807) is 44.4 Å². The topological polar surface area (TPSA) is 61.4 Å². The van der Waals surface area contributed by atoms with Gasteiger partial charge in [0.1, 0.15) is 0 Å². The van der Waals surface area contributed by atoms with Crippen molar-refractivity contribution in [1.82, 2.24) is 10.2 Å². The molecule has 0 aliphatic rings. The third-order valence-electron chi connectivity index (χ3n) is 3.55. The predicted molar refractivity (Wildman–Crippen MR) is 109 cm³/mol. The number of hydrogen-bond acceptors (Lipinski definition) is 3. The second-order valence-corrected chi connectivity index (χ2v) is 6.34. The van der Waals surface area contributed by atoms with Crippen molar-refractivity contribution < 1.29 is 9.59 Å². The average molecular weight is 367 g/mol. The quantitative estimate of drug-likeness (QED) is 0.643. The molecule has 26 heavy (non-hydrogen) atoms. The molecule has 2 aromatic carbocycles. The number of nitrogens with one attached hydrogen (secondary N) is 2. The summed E-state index contributed by atoms with van der Waals surface area (Å²) < 4.78 is 0. The molecule has 0 aromatic heterocycles. The summed E-state index contributed by atoms with van der Waals surface area (Å²) in [7, 11) is 3.35. The van der Waals surface area contributed by atoms with E-state index in [0.29, 0.717) is 11.3 Å². The van der Waals surface area contributed by atoms with Crippen LogP contribution in [0.15, 0.2) is 54.6 Å². The molecule has 2 amide bonds. The van der Waals surface area contributed by atoms with Gasteiger partial charge in [-0.2, -0.15) is 0 Å². The molecule has 0 aliphatic carbocycles. The van der Waals surface area contributed by atoms with Gasteiger partial charge >= 0.3 is 0 Å². The van der Waals surface area contributed by atoms with E-state index in [4.69, 9.17) is 12.2 Å². The van der Waals surface area contributed by atoms with Crippen molar-refractivity contribution in [3.05, 3.63) is 71.3 Å². The van der Waals surface area contributed by atoms with E-state index in [1.165, 1.54) is 11.0 Å². The second kappa shape index (κ2) is 8.92. The lowest BCUT2D eigenvalue weighted by molar-refractivity contribution is -0.115. The smallest absolute Gasteiger partial charge is 0.255 e. The average Bonchev–Trinajstić information content (AvgIpc) is 2.61. The molecule has 0 heterocycles. The molecule has 0 saturated heterocycles. The Morgan fingerprint density at radius 1 is 1.04 bits per heavy atom. The highest BCUT2D eigenvalue weighted by atomic mass is 32.1. The van der Waals surface area contributed by atoms with Gasteiger partial charge in [0.25, 0.3) is 5.91 Å². The molecule has 0 fully saturated rings. The predicted octanol–water partition coefficient (Wildman–Crippen LogP) is 3.22. The summed E-state index contributed by atoms with van der Waals surface area (Å²) in [6, 6.07) is 14.8. The summed E-state index contributed by atoms with van der Waals surface area (Å²) in [4.78, 5) is 25.7. The molecule has 0 bridgehead atoms. The maximum absolute atomic E-state index is 12.2. The molecule has 0 spiro atoms. The minimum atomic E-state index is -0.348. The van der Waals surface area contributed by atoms with Gasteiger partial charge in [0, 0.05) is 20.2 Å². The van der Waals surface area contributed by atoms with E-state index in [1.807, 2.05) is 31.2 Å². The first kappa shape index (κ1) is 19.3. The Bertz CT molecular complexity index is 842. The maximum Gasteiger partial charge on any atom is 0.255 e. The van der Waals surface area contributed by atoms with Gasteiger partial charge < -0.3 is 10.2 Å². The minimum Gasteiger partial charge on any atom is -0.345 e. The SMILES string of the molecule is Cc1ccc(/C=C/C(=O)NC(=S)Nc2ccccc2C(=O)N(C)C)cc1. The Hall–Kier alpha value is -2.99. The zero-order chi connectivity index (χ0) is 19.1. The number of aryl methyl sites for hydroxylation is 1. The third-order valence-corrected chi connectivity index (χ3v) is 3.76. The van der Waals surface area contributed by atoms with Crippen LogP contribution in [0.5, 0.6) is 0 Å². The highest BCUT2D eigenvalue weighted by Gasteiger charge is 2.13. The van der Waals surface area contributed by atoms with Crippen molar-refractivity contribution in [2.75, 3.05) is 19.4 Å². The van der Waals surface area contributed by atoms with E-state index in [9.17, 15) is 9.59 Å². The first-order valence-corrected chi connectivity index (χ1v) is 8.45. The first-order valence-electron chi connectivity index (χ1n) is 8.04. The van der Waals surface area contributed by atoms with Crippen LogP contribution in [0.25, 0.3) is 6.08 Å². The fraction of sp³-hybridized carbons (Fsp3) is 0.150. The monoisotopic (exact) mass is 367 g/mol. The number of nitrogens with zero attached hydrogens (tertiary/aromatic N) is 1. The summed E-state index contributed by atoms with van der Waals surface area (Å²) in [5.41, 5.74) is 3.10. The molecular weight excluding hydrogens is 346 g/mol. The van der Waals surface area contributed by atoms with Gasteiger partial charge in [-0.3, -0.25) is 14.9 Å². The summed E-state index contributed by atoms with van der Waals surface area (Å²) in [5.74, 6) is -0.499. The van der Waals surface area contributed by atoms with Gasteiger partial charge in [-0.1, -0.05) is 42.0 Å². The number of para-hydroxylation sites is 1. The van der Waals surface area contributed by atoms with Crippen LogP contribution < -0.4 is 10.6 Å². The molecule has 2 aromatic rings. The number of benzene rings is 2. The normalized spacial score (nSPS) is 10.4. The third kappa shape index (κ3) is 5.53. The summed E-state index contributed by atoms with van der Waals surface area (Å²) >= 11 is 5.17. The molecule has 0 aliphatic heterocycles. The van der Waals surface area contributed by atoms with Crippen LogP contribution in [-0.4, -0.2) is 35.9 Å². The van der Waals surface area contributed by atoms with E-state index >= 15 is 0 Å². The maximum atomic E-state index is 12.2. The van der Waals surface area contributed by atoms with Gasteiger partial charge in [0.05, 0.1) is 11.3 Å². The lowest BCUT2D eigenvalue weighted by Crippen LogP contribution is -2.33. The number of carbonyl (C=O) groups excluding carboxylic acids is 2. The van der Waals surface area contributed by atoms with E-state index < -0.39 is 0 Å². The van der Waals surface area contributed by atoms with E-state index in [0.717, 1.165) is 11.1 Å². The summed E-state index contributed by atoms with van der Waals surface area (Å²) in [5, 5.41) is 5.60. The minimum absolute atomic E-state index is 0.127. The second-order valence-electron chi connectivity index (χ2n) is 5.93. The van der Waals surface area contributed by atoms with Crippen molar-refractivity contribution in [2.24, 2.45) is 0 Å². The summed E-state index contributed by atoms with van der Waals surface area (Å²) in [6.07, 6.45) is 3.12. The largest absolute Gasteiger partial charge is 0.345 e. The molecule has 2 rings (SSSR count). The van der Waals surface area contributed by atoms with Crippen molar-refractivity contribution in [1.29, 1.82) is 0 Å². The van der Waals surface area contributed by atoms with Gasteiger partial charge in [0.15, 0.2) is 5.11 Å². The molecule has 6 heteroatoms. The van der Waals surface area contributed by atoms with Crippen LogP contribution >= 0.6 is 12.2 Å². The lowest BCUT2D eigenvalue weighted by atomic mass is 10.1. The van der Waals surface area contributed by atoms with Gasteiger partial charge in [0.2, 0.25) is 5.91 Å². The molecule has 0 unspecified atom stereocenters. The molecule has 134 valence electrons. The Balaban J connectivity index is 1.99. The van der Waals surface area contributed by atoms with E-state index in [2.05, 4.69) is 10.6 Å². The van der Waals surface area contributed by atoms with Crippen LogP contribution in [0.3, 0.4) is 0 Å². The van der Waals surface area contributed by atoms with Crippen LogP contribution in [0.1, 0.15) is 21.5 Å². The number of hydrogen-bond donors (Lipinski definition) is 2. The molecular formula is C20H21N3O2S. The first-order chi connectivity index (χ1) is 12.4. The van der Waals surface area contributed by atoms with Gasteiger partial charge in [-0.05, 0) is 42.9 Å². The van der Waals surface area contributed by atoms with Crippen LogP contribution in [0, 0.1) is 6.92 Å². The highest BCUT2D eigenvalue weighted by Crippen LogP contribution is 2.16. The Kier molecular flexibility index (Phi) is 6.63. The van der Waals surface area contributed by atoms with Gasteiger partial charge in [-0.15, -0.1) is 0 Å². The van der Waals surface area contributed by atoms with Crippen molar-refractivity contribution in [2.45, 2.75) is 6.92 Å². The number of carbonyl (C=O) groups is 2. The fourth-order valence-corrected chi connectivity index (χ4v) is 2.39. The standard InChI is InChI=1S/C20H21N3O2S/c1-14-8-10-15(11-9-14)12-13-18(24)22-20(26)21-17-7-5-4-6-16(17)19(25)23(2)3/h4-13H,1-3H3,(H2,21,22,24,26)/b13-12+. The van der Waals surface area contributed by atoms with Gasteiger partial charge in [-0.25, -0.2) is 0 Å². The van der Waals surface area contributed by atoms with Crippen LogP contribution in [-0.2, 0) is 4.79 Å². The number of anilines is 1. The number of amides is 2. The Morgan fingerprint density at radius 2 is 1.69 bits per heavy atom. The van der Waals surface area contributed by atoms with Crippen molar-refractivity contribution >= 4 is 40.9 Å². The molecule has 5 nitrogen and oxygen atoms in total. The molecule has 0 saturated carbocycles. The fourth-order valence-electron chi connectivity index (χ4n) is 2.18. The molecule has 2 N–H and O–H groups in total. The zero-order valence-electron chi connectivity index (χ0n) is 14.9.